The Morgan fingerprint density at radius 2 is 1.93 bits per heavy atom. The minimum absolute atomic E-state index is 0.340. The number of thiazole rings is 1. The van der Waals surface area contributed by atoms with Crippen LogP contribution in [-0.2, 0) is 11.3 Å². The Morgan fingerprint density at radius 1 is 1.14 bits per heavy atom. The van der Waals surface area contributed by atoms with E-state index in [1.165, 1.54) is 17.4 Å². The van der Waals surface area contributed by atoms with Crippen LogP contribution < -0.4 is 9.54 Å². The Morgan fingerprint density at radius 3 is 2.66 bits per heavy atom. The van der Waals surface area contributed by atoms with Crippen LogP contribution >= 0.6 is 11.3 Å². The number of carbonyl (C=O) groups excluding carboxylic acids is 1. The first-order valence-electron chi connectivity index (χ1n) is 9.72. The number of aromatic nitrogens is 1. The van der Waals surface area contributed by atoms with Gasteiger partial charge in [-0.15, -0.1) is 0 Å². The molecule has 0 unspecified atom stereocenters. The maximum atomic E-state index is 14.3. The molecule has 0 bridgehead atoms. The zero-order valence-corrected chi connectivity index (χ0v) is 17.5. The van der Waals surface area contributed by atoms with Crippen molar-refractivity contribution in [3.05, 3.63) is 58.6 Å². The first-order chi connectivity index (χ1) is 14.1. The van der Waals surface area contributed by atoms with E-state index in [1.54, 1.807) is 42.0 Å². The maximum absolute atomic E-state index is 14.3. The minimum Gasteiger partial charge on any atom is -0.494 e. The highest BCUT2D eigenvalue weighted by Gasteiger charge is 2.12. The van der Waals surface area contributed by atoms with Crippen LogP contribution in [0.1, 0.15) is 36.5 Å². The van der Waals surface area contributed by atoms with Gasteiger partial charge in [-0.2, -0.15) is 4.99 Å². The summed E-state index contributed by atoms with van der Waals surface area (Å²) in [4.78, 5) is 17.4. The Bertz CT molecular complexity index is 1020. The van der Waals surface area contributed by atoms with Gasteiger partial charge in [-0.05, 0) is 42.8 Å². The largest absolute Gasteiger partial charge is 0.494 e. The Hall–Kier alpha value is -2.51. The summed E-state index contributed by atoms with van der Waals surface area (Å²) in [5.74, 6) is 0.0192. The molecule has 0 saturated carbocycles. The van der Waals surface area contributed by atoms with Gasteiger partial charge < -0.3 is 14.0 Å². The molecule has 0 N–H and O–H groups in total. The van der Waals surface area contributed by atoms with E-state index in [2.05, 4.69) is 11.9 Å². The average molecular weight is 417 g/mol. The summed E-state index contributed by atoms with van der Waals surface area (Å²) in [5, 5.41) is 0. The topological polar surface area (TPSA) is 52.8 Å². The molecule has 0 spiro atoms. The number of hydrogen-bond acceptors (Lipinski definition) is 4. The Balaban J connectivity index is 1.84. The van der Waals surface area contributed by atoms with Gasteiger partial charge in [0.2, 0.25) is 0 Å². The molecule has 0 aliphatic carbocycles. The van der Waals surface area contributed by atoms with E-state index in [4.69, 9.17) is 9.47 Å². The smallest absolute Gasteiger partial charge is 0.279 e. The molecule has 3 rings (SSSR count). The monoisotopic (exact) mass is 416 g/mol. The maximum Gasteiger partial charge on any atom is 0.279 e. The summed E-state index contributed by atoms with van der Waals surface area (Å²) in [6, 6.07) is 11.8. The number of nitrogens with zero attached hydrogens (tertiary/aromatic N) is 2. The Labute approximate surface area is 173 Å². The van der Waals surface area contributed by atoms with Crippen molar-refractivity contribution in [2.75, 3.05) is 20.3 Å². The van der Waals surface area contributed by atoms with Gasteiger partial charge >= 0.3 is 0 Å². The van der Waals surface area contributed by atoms with Gasteiger partial charge in [-0.1, -0.05) is 37.2 Å². The van der Waals surface area contributed by atoms with Gasteiger partial charge in [0.1, 0.15) is 11.6 Å². The number of benzene rings is 2. The number of ether oxygens (including phenoxy) is 2. The zero-order valence-electron chi connectivity index (χ0n) is 16.7. The SMILES string of the molecule is CCCCCOc1ccc(C(=O)N=c2sc3cccc(F)c3n2CCOC)cc1. The van der Waals surface area contributed by atoms with Gasteiger partial charge in [0.25, 0.3) is 5.91 Å². The number of unbranched alkanes of at least 4 members (excludes halogenated alkanes) is 2. The third-order valence-electron chi connectivity index (χ3n) is 4.49. The molecular weight excluding hydrogens is 391 g/mol. The number of hydrogen-bond donors (Lipinski definition) is 0. The second kappa shape index (κ2) is 10.3. The summed E-state index contributed by atoms with van der Waals surface area (Å²) in [6.07, 6.45) is 3.29. The van der Waals surface area contributed by atoms with E-state index < -0.39 is 0 Å². The summed E-state index contributed by atoms with van der Waals surface area (Å²) in [7, 11) is 1.58. The van der Waals surface area contributed by atoms with Gasteiger partial charge in [-0.25, -0.2) is 4.39 Å². The second-order valence-corrected chi connectivity index (χ2v) is 7.62. The van der Waals surface area contributed by atoms with Gasteiger partial charge in [-0.3, -0.25) is 4.79 Å². The highest BCUT2D eigenvalue weighted by Crippen LogP contribution is 2.20. The predicted molar refractivity (Wildman–Crippen MR) is 113 cm³/mol. The van der Waals surface area contributed by atoms with Crippen LogP contribution in [0.5, 0.6) is 5.75 Å². The highest BCUT2D eigenvalue weighted by molar-refractivity contribution is 7.16. The lowest BCUT2D eigenvalue weighted by atomic mass is 10.2. The fourth-order valence-corrected chi connectivity index (χ4v) is 4.02. The fraction of sp³-hybridized carbons (Fsp3) is 0.364. The molecule has 0 atom stereocenters. The van der Waals surface area contributed by atoms with Gasteiger partial charge in [0, 0.05) is 19.2 Å². The number of amides is 1. The van der Waals surface area contributed by atoms with Gasteiger partial charge in [0.05, 0.1) is 23.4 Å². The van der Waals surface area contributed by atoms with Crippen molar-refractivity contribution < 1.29 is 18.7 Å². The molecule has 2 aromatic carbocycles. The van der Waals surface area contributed by atoms with E-state index in [-0.39, 0.29) is 11.7 Å². The van der Waals surface area contributed by atoms with Crippen LogP contribution in [0, 0.1) is 5.82 Å². The zero-order chi connectivity index (χ0) is 20.6. The molecule has 0 fully saturated rings. The third kappa shape index (κ3) is 5.31. The Kier molecular flexibility index (Phi) is 7.55. The van der Waals surface area contributed by atoms with Crippen molar-refractivity contribution >= 4 is 27.5 Å². The number of rotatable bonds is 9. The van der Waals surface area contributed by atoms with Crippen molar-refractivity contribution in [2.24, 2.45) is 4.99 Å². The van der Waals surface area contributed by atoms with Crippen LogP contribution in [0.2, 0.25) is 0 Å². The molecule has 5 nitrogen and oxygen atoms in total. The first kappa shape index (κ1) is 21.2. The number of carbonyl (C=O) groups is 1. The predicted octanol–water partition coefficient (Wildman–Crippen LogP) is 4.80. The van der Waals surface area contributed by atoms with Crippen LogP contribution in [0.15, 0.2) is 47.5 Å². The van der Waals surface area contributed by atoms with Gasteiger partial charge in [0.15, 0.2) is 4.80 Å². The van der Waals surface area contributed by atoms with E-state index in [0.717, 1.165) is 29.7 Å². The van der Waals surface area contributed by atoms with Crippen LogP contribution in [0.25, 0.3) is 10.2 Å². The first-order valence-corrected chi connectivity index (χ1v) is 10.5. The molecule has 3 aromatic rings. The van der Waals surface area contributed by atoms with E-state index in [1.807, 2.05) is 6.07 Å². The number of fused-ring (bicyclic) bond motifs is 1. The third-order valence-corrected chi connectivity index (χ3v) is 5.53. The molecule has 0 radical (unpaired) electrons. The number of halogens is 1. The molecule has 1 aromatic heterocycles. The standard InChI is InChI=1S/C22H25FN2O3S/c1-3-4-5-14-28-17-11-9-16(10-12-17)21(26)24-22-25(13-15-27-2)20-18(23)7-6-8-19(20)29-22/h6-12H,3-5,13-15H2,1-2H3. The lowest BCUT2D eigenvalue weighted by molar-refractivity contribution is 0.0997. The van der Waals surface area contributed by atoms with Crippen LogP contribution in [0.4, 0.5) is 4.39 Å². The van der Waals surface area contributed by atoms with Crippen molar-refractivity contribution in [2.45, 2.75) is 32.7 Å². The molecule has 1 amide bonds. The van der Waals surface area contributed by atoms with Crippen LogP contribution in [-0.4, -0.2) is 30.8 Å². The van der Waals surface area contributed by atoms with Crippen molar-refractivity contribution in [3.8, 4) is 5.75 Å². The summed E-state index contributed by atoms with van der Waals surface area (Å²) in [5.41, 5.74) is 0.902. The lowest BCUT2D eigenvalue weighted by Gasteiger charge is -2.06. The number of para-hydroxylation sites is 1. The van der Waals surface area contributed by atoms with E-state index in [9.17, 15) is 9.18 Å². The summed E-state index contributed by atoms with van der Waals surface area (Å²) in [6.45, 7) is 3.62. The molecule has 0 saturated heterocycles. The van der Waals surface area contributed by atoms with Crippen LogP contribution in [0.3, 0.4) is 0 Å². The van der Waals surface area contributed by atoms with Crippen molar-refractivity contribution in [1.82, 2.24) is 4.57 Å². The second-order valence-electron chi connectivity index (χ2n) is 6.61. The normalized spacial score (nSPS) is 11.9. The minimum atomic E-state index is -0.374. The van der Waals surface area contributed by atoms with Crippen molar-refractivity contribution in [3.63, 3.8) is 0 Å². The molecule has 0 aliphatic heterocycles. The molecule has 0 aliphatic rings. The average Bonchev–Trinajstić information content (AvgIpc) is 3.08. The summed E-state index contributed by atoms with van der Waals surface area (Å²) < 4.78 is 27.6. The molecule has 7 heteroatoms. The van der Waals surface area contributed by atoms with E-state index in [0.29, 0.717) is 35.6 Å². The molecule has 154 valence electrons. The quantitative estimate of drug-likeness (QED) is 0.471. The highest BCUT2D eigenvalue weighted by atomic mass is 32.1. The fourth-order valence-electron chi connectivity index (χ4n) is 2.95. The lowest BCUT2D eigenvalue weighted by Crippen LogP contribution is -2.19. The van der Waals surface area contributed by atoms with E-state index >= 15 is 0 Å². The van der Waals surface area contributed by atoms with Crippen molar-refractivity contribution in [1.29, 1.82) is 0 Å². The number of methoxy groups -OCH3 is 1. The molecular formula is C22H25FN2O3S. The molecule has 1 heterocycles. The molecule has 29 heavy (non-hydrogen) atoms. The summed E-state index contributed by atoms with van der Waals surface area (Å²) >= 11 is 1.29.